The predicted octanol–water partition coefficient (Wildman–Crippen LogP) is 2.83. The highest BCUT2D eigenvalue weighted by Crippen LogP contribution is 2.39. The zero-order chi connectivity index (χ0) is 17.3. The molecular formula is C16H20N4O2S2. The molecule has 1 unspecified atom stereocenters. The molecule has 0 saturated heterocycles. The van der Waals surface area contributed by atoms with E-state index in [4.69, 9.17) is 0 Å². The zero-order valence-electron chi connectivity index (χ0n) is 13.9. The molecule has 24 heavy (non-hydrogen) atoms. The van der Waals surface area contributed by atoms with Gasteiger partial charge in [0, 0.05) is 4.88 Å². The molecule has 2 amide bonds. The molecule has 3 rings (SSSR count). The topological polar surface area (TPSA) is 84.0 Å². The van der Waals surface area contributed by atoms with Crippen molar-refractivity contribution in [1.82, 2.24) is 19.6 Å². The van der Waals surface area contributed by atoms with E-state index in [2.05, 4.69) is 40.4 Å². The number of hydrazine groups is 1. The van der Waals surface area contributed by atoms with Gasteiger partial charge < -0.3 is 0 Å². The minimum absolute atomic E-state index is 0.193. The first kappa shape index (κ1) is 17.0. The lowest BCUT2D eigenvalue weighted by Gasteiger charge is -2.33. The van der Waals surface area contributed by atoms with Crippen molar-refractivity contribution >= 4 is 34.9 Å². The Balaban J connectivity index is 1.63. The Kier molecular flexibility index (Phi) is 4.69. The number of nitrogens with zero attached hydrogens (tertiary/aromatic N) is 2. The van der Waals surface area contributed by atoms with E-state index in [1.807, 2.05) is 6.07 Å². The Hall–Kier alpha value is -1.80. The number of carbonyl (C=O) groups excluding carboxylic acids is 2. The van der Waals surface area contributed by atoms with Gasteiger partial charge in [0.05, 0.1) is 22.8 Å². The number of amides is 2. The van der Waals surface area contributed by atoms with Gasteiger partial charge in [-0.15, -0.1) is 11.3 Å². The van der Waals surface area contributed by atoms with E-state index >= 15 is 0 Å². The molecule has 0 saturated carbocycles. The zero-order valence-corrected chi connectivity index (χ0v) is 15.5. The molecule has 1 aliphatic rings. The molecule has 8 heteroatoms. The van der Waals surface area contributed by atoms with Crippen LogP contribution in [0.25, 0.3) is 0 Å². The summed E-state index contributed by atoms with van der Waals surface area (Å²) in [4.78, 5) is 26.0. The smallest absolute Gasteiger partial charge is 0.266 e. The first-order valence-electron chi connectivity index (χ1n) is 7.84. The summed E-state index contributed by atoms with van der Waals surface area (Å²) in [7, 11) is 0. The molecule has 2 N–H and O–H groups in total. The molecule has 2 heterocycles. The number of carbonyl (C=O) groups is 2. The highest BCUT2D eigenvalue weighted by molar-refractivity contribution is 7.14. The van der Waals surface area contributed by atoms with E-state index in [0.717, 1.165) is 31.0 Å². The Bertz CT molecular complexity index is 747. The van der Waals surface area contributed by atoms with Crippen LogP contribution >= 0.6 is 23.1 Å². The normalized spacial score (nSPS) is 17.2. The van der Waals surface area contributed by atoms with Crippen LogP contribution in [-0.2, 0) is 12.8 Å². The molecule has 2 aromatic rings. The fourth-order valence-corrected chi connectivity index (χ4v) is 4.39. The monoisotopic (exact) mass is 364 g/mol. The maximum Gasteiger partial charge on any atom is 0.291 e. The molecule has 0 aromatic carbocycles. The van der Waals surface area contributed by atoms with Gasteiger partial charge in [-0.1, -0.05) is 20.8 Å². The van der Waals surface area contributed by atoms with E-state index in [0.29, 0.717) is 10.8 Å². The fourth-order valence-electron chi connectivity index (χ4n) is 2.88. The van der Waals surface area contributed by atoms with Crippen LogP contribution in [0.4, 0.5) is 0 Å². The van der Waals surface area contributed by atoms with E-state index in [9.17, 15) is 9.59 Å². The number of hydrogen-bond acceptors (Lipinski definition) is 6. The van der Waals surface area contributed by atoms with Crippen molar-refractivity contribution in [1.29, 1.82) is 0 Å². The van der Waals surface area contributed by atoms with Crippen LogP contribution in [0.2, 0.25) is 0 Å². The van der Waals surface area contributed by atoms with Crippen molar-refractivity contribution < 1.29 is 9.59 Å². The quantitative estimate of drug-likeness (QED) is 0.803. The van der Waals surface area contributed by atoms with Crippen molar-refractivity contribution in [3.63, 3.8) is 0 Å². The lowest BCUT2D eigenvalue weighted by molar-refractivity contribution is 0.0846. The second-order valence-electron chi connectivity index (χ2n) is 7.07. The number of rotatable bonds is 2. The summed E-state index contributed by atoms with van der Waals surface area (Å²) in [6, 6.07) is 1.96. The number of fused-ring (bicyclic) bond motifs is 1. The van der Waals surface area contributed by atoms with Gasteiger partial charge in [0.2, 0.25) is 0 Å². The van der Waals surface area contributed by atoms with Gasteiger partial charge in [0.15, 0.2) is 5.69 Å². The number of aryl methyl sites for hydroxylation is 1. The standard InChI is InChI=1S/C16H20N4O2S2/c1-16(2,3)10-4-5-12-9(6-10)7-13(23-12)15(22)19-18-14(21)11-8-17-24-20-11/h7-8,10H,4-6H2,1-3H3,(H,18,21)(H,19,22). The SMILES string of the molecule is CC(C)(C)C1CCc2sc(C(=O)NNC(=O)c3cnsn3)cc2C1. The molecule has 128 valence electrons. The van der Waals surface area contributed by atoms with Crippen molar-refractivity contribution in [2.45, 2.75) is 40.0 Å². The Labute approximate surface area is 149 Å². The van der Waals surface area contributed by atoms with Crippen LogP contribution in [-0.4, -0.2) is 20.6 Å². The summed E-state index contributed by atoms with van der Waals surface area (Å²) in [5.41, 5.74) is 6.55. The van der Waals surface area contributed by atoms with Crippen molar-refractivity contribution in [2.24, 2.45) is 11.3 Å². The van der Waals surface area contributed by atoms with Gasteiger partial charge in [-0.2, -0.15) is 8.75 Å². The van der Waals surface area contributed by atoms with Crippen LogP contribution in [0, 0.1) is 11.3 Å². The summed E-state index contributed by atoms with van der Waals surface area (Å²) in [5.74, 6) is -0.128. The summed E-state index contributed by atoms with van der Waals surface area (Å²) in [6.07, 6.45) is 4.56. The molecular weight excluding hydrogens is 344 g/mol. The highest BCUT2D eigenvalue weighted by atomic mass is 32.1. The molecule has 2 aromatic heterocycles. The van der Waals surface area contributed by atoms with Gasteiger partial charge in [-0.05, 0) is 42.2 Å². The minimum atomic E-state index is -0.466. The molecule has 1 aliphatic carbocycles. The van der Waals surface area contributed by atoms with E-state index < -0.39 is 5.91 Å². The summed E-state index contributed by atoms with van der Waals surface area (Å²) < 4.78 is 7.58. The van der Waals surface area contributed by atoms with Gasteiger partial charge >= 0.3 is 0 Å². The Morgan fingerprint density at radius 3 is 2.67 bits per heavy atom. The first-order valence-corrected chi connectivity index (χ1v) is 9.39. The lowest BCUT2D eigenvalue weighted by atomic mass is 9.72. The molecule has 0 aliphatic heterocycles. The van der Waals surface area contributed by atoms with Crippen LogP contribution in [0.1, 0.15) is 57.8 Å². The summed E-state index contributed by atoms with van der Waals surface area (Å²) in [6.45, 7) is 6.81. The molecule has 6 nitrogen and oxygen atoms in total. The van der Waals surface area contributed by atoms with Gasteiger partial charge in [0.25, 0.3) is 11.8 Å². The van der Waals surface area contributed by atoms with Crippen molar-refractivity contribution in [3.05, 3.63) is 33.3 Å². The number of hydrogen-bond donors (Lipinski definition) is 2. The van der Waals surface area contributed by atoms with Crippen LogP contribution in [0.5, 0.6) is 0 Å². The molecule has 0 bridgehead atoms. The maximum absolute atomic E-state index is 12.3. The van der Waals surface area contributed by atoms with Gasteiger partial charge in [0.1, 0.15) is 0 Å². The van der Waals surface area contributed by atoms with E-state index in [-0.39, 0.29) is 17.0 Å². The molecule has 0 radical (unpaired) electrons. The van der Waals surface area contributed by atoms with E-state index in [1.165, 1.54) is 28.0 Å². The highest BCUT2D eigenvalue weighted by Gasteiger charge is 2.30. The summed E-state index contributed by atoms with van der Waals surface area (Å²) >= 11 is 2.46. The summed E-state index contributed by atoms with van der Waals surface area (Å²) in [5, 5.41) is 0. The van der Waals surface area contributed by atoms with Gasteiger partial charge in [-0.3, -0.25) is 20.4 Å². The second-order valence-corrected chi connectivity index (χ2v) is 8.76. The Morgan fingerprint density at radius 1 is 1.25 bits per heavy atom. The predicted molar refractivity (Wildman–Crippen MR) is 94.1 cm³/mol. The molecule has 0 fully saturated rings. The third-order valence-corrected chi connectivity index (χ3v) is 6.13. The van der Waals surface area contributed by atoms with Crippen LogP contribution in [0.3, 0.4) is 0 Å². The third-order valence-electron chi connectivity index (χ3n) is 4.41. The van der Waals surface area contributed by atoms with Gasteiger partial charge in [-0.25, -0.2) is 0 Å². The number of aromatic nitrogens is 2. The lowest BCUT2D eigenvalue weighted by Crippen LogP contribution is -2.41. The largest absolute Gasteiger partial charge is 0.291 e. The average Bonchev–Trinajstić information content (AvgIpc) is 3.19. The first-order chi connectivity index (χ1) is 11.3. The maximum atomic E-state index is 12.3. The second kappa shape index (κ2) is 6.60. The number of nitrogens with one attached hydrogen (secondary N) is 2. The minimum Gasteiger partial charge on any atom is -0.266 e. The van der Waals surface area contributed by atoms with E-state index in [1.54, 1.807) is 0 Å². The molecule has 0 spiro atoms. The van der Waals surface area contributed by atoms with Crippen molar-refractivity contribution in [2.75, 3.05) is 0 Å². The Morgan fingerprint density at radius 2 is 2.00 bits per heavy atom. The van der Waals surface area contributed by atoms with Crippen LogP contribution in [0.15, 0.2) is 12.3 Å². The third kappa shape index (κ3) is 3.64. The number of thiophene rings is 1. The van der Waals surface area contributed by atoms with Crippen molar-refractivity contribution in [3.8, 4) is 0 Å². The average molecular weight is 364 g/mol. The fraction of sp³-hybridized carbons (Fsp3) is 0.500. The molecule has 1 atom stereocenters. The van der Waals surface area contributed by atoms with Crippen LogP contribution < -0.4 is 10.9 Å².